The van der Waals surface area contributed by atoms with Crippen molar-refractivity contribution in [1.29, 1.82) is 0 Å². The molecule has 1 nitrogen and oxygen atoms in total. The van der Waals surface area contributed by atoms with Crippen LogP contribution in [0.2, 0.25) is 0 Å². The smallest absolute Gasteiger partial charge is 0.0225 e. The Bertz CT molecular complexity index is 44.9. The molecule has 2 N–H and O–H groups in total. The van der Waals surface area contributed by atoms with E-state index in [1.54, 1.807) is 4.99 Å². The van der Waals surface area contributed by atoms with E-state index >= 15 is 0 Å². The molecule has 2 heteroatoms. The largest absolute Gasteiger partial charge is 0.412 e. The Hall–Kier alpha value is -0.0400. The van der Waals surface area contributed by atoms with Gasteiger partial charge < -0.3 is 5.48 Å². The molecular formula is C3H5BrO. The summed E-state index contributed by atoms with van der Waals surface area (Å²) in [5.74, 6) is 0. The molecule has 5 heavy (non-hydrogen) atoms. The van der Waals surface area contributed by atoms with E-state index in [9.17, 15) is 0 Å². The molecule has 0 unspecified atom stereocenters. The van der Waals surface area contributed by atoms with Crippen molar-refractivity contribution in [3.05, 3.63) is 17.3 Å². The molecule has 0 saturated carbocycles. The van der Waals surface area contributed by atoms with Gasteiger partial charge in [0.2, 0.25) is 0 Å². The first-order chi connectivity index (χ1) is 1.91. The maximum absolute atomic E-state index is 3.25. The first kappa shape index (κ1) is 8.88. The van der Waals surface area contributed by atoms with Crippen molar-refractivity contribution in [3.63, 3.8) is 0 Å². The summed E-state index contributed by atoms with van der Waals surface area (Å²) in [5, 5.41) is 0. The maximum Gasteiger partial charge on any atom is 0.0225 e. The van der Waals surface area contributed by atoms with E-state index in [-0.39, 0.29) is 5.48 Å². The van der Waals surface area contributed by atoms with Crippen LogP contribution in [-0.4, -0.2) is 5.48 Å². The molecule has 0 aliphatic heterocycles. The molecule has 0 aliphatic carbocycles. The Balaban J connectivity index is 0. The van der Waals surface area contributed by atoms with E-state index in [0.29, 0.717) is 0 Å². The van der Waals surface area contributed by atoms with Gasteiger partial charge in [-0.05, 0) is 0 Å². The van der Waals surface area contributed by atoms with Gasteiger partial charge in [-0.15, -0.1) is 5.73 Å². The lowest BCUT2D eigenvalue weighted by Crippen LogP contribution is -1.03. The van der Waals surface area contributed by atoms with Gasteiger partial charge >= 0.3 is 0 Å². The third-order valence-electron chi connectivity index (χ3n) is 0.0772. The molecule has 30 valence electrons. The molecule has 0 atom stereocenters. The summed E-state index contributed by atoms with van der Waals surface area (Å²) in [6, 6.07) is 0. The standard InChI is InChI=1S/C3H3Br.H2O/c1-2-3-4;/h3H,1H2;1H2. The van der Waals surface area contributed by atoms with Crippen LogP contribution in [0.1, 0.15) is 0 Å². The van der Waals surface area contributed by atoms with Crippen LogP contribution in [-0.2, 0) is 0 Å². The van der Waals surface area contributed by atoms with Crippen LogP contribution >= 0.6 is 15.9 Å². The lowest BCUT2D eigenvalue weighted by Gasteiger charge is -1.35. The second-order valence-electron chi connectivity index (χ2n) is 0.313. The van der Waals surface area contributed by atoms with Gasteiger partial charge in [0.1, 0.15) is 0 Å². The molecule has 0 fully saturated rings. The molecule has 0 aromatic rings. The molecule has 0 rings (SSSR count). The van der Waals surface area contributed by atoms with Crippen molar-refractivity contribution in [2.45, 2.75) is 0 Å². The third kappa shape index (κ3) is 16.5. The van der Waals surface area contributed by atoms with Crippen LogP contribution in [0.5, 0.6) is 0 Å². The fourth-order valence-electron chi connectivity index (χ4n) is 0. The van der Waals surface area contributed by atoms with E-state index < -0.39 is 0 Å². The zero-order valence-electron chi connectivity index (χ0n) is 2.66. The molecule has 0 spiro atoms. The van der Waals surface area contributed by atoms with Gasteiger partial charge in [-0.3, -0.25) is 0 Å². The average Bonchev–Trinajstić information content (AvgIpc) is 1.37. The third-order valence-corrected chi connectivity index (χ3v) is 0.401. The van der Waals surface area contributed by atoms with E-state index in [0.717, 1.165) is 0 Å². The van der Waals surface area contributed by atoms with Crippen LogP contribution in [0.3, 0.4) is 0 Å². The Labute approximate surface area is 39.4 Å². The minimum Gasteiger partial charge on any atom is -0.412 e. The molecule has 0 amide bonds. The van der Waals surface area contributed by atoms with E-state index in [1.807, 2.05) is 0 Å². The highest BCUT2D eigenvalue weighted by molar-refractivity contribution is 9.11. The minimum atomic E-state index is 0. The first-order valence-corrected chi connectivity index (χ1v) is 1.78. The van der Waals surface area contributed by atoms with Crippen molar-refractivity contribution in [3.8, 4) is 0 Å². The Kier molecular flexibility index (Phi) is 16.0. The number of hydrogen-bond donors (Lipinski definition) is 0. The summed E-state index contributed by atoms with van der Waals surface area (Å²) in [7, 11) is 0. The molecule has 0 bridgehead atoms. The SMILES string of the molecule is C=C=CBr.O. The highest BCUT2D eigenvalue weighted by Gasteiger charge is 1.27. The van der Waals surface area contributed by atoms with Gasteiger partial charge in [-0.25, -0.2) is 0 Å². The van der Waals surface area contributed by atoms with Gasteiger partial charge in [0, 0.05) is 4.99 Å². The van der Waals surface area contributed by atoms with Gasteiger partial charge in [0.05, 0.1) is 0 Å². The summed E-state index contributed by atoms with van der Waals surface area (Å²) in [6.07, 6.45) is 0. The molecule has 0 radical (unpaired) electrons. The normalized spacial score (nSPS) is 3.40. The lowest BCUT2D eigenvalue weighted by atomic mass is 11.0. The van der Waals surface area contributed by atoms with E-state index in [1.165, 1.54) is 0 Å². The summed E-state index contributed by atoms with van der Waals surface area (Å²) < 4.78 is 0. The minimum absolute atomic E-state index is 0. The van der Waals surface area contributed by atoms with Crippen molar-refractivity contribution in [1.82, 2.24) is 0 Å². The van der Waals surface area contributed by atoms with Crippen molar-refractivity contribution >= 4 is 15.9 Å². The van der Waals surface area contributed by atoms with Crippen LogP contribution < -0.4 is 0 Å². The van der Waals surface area contributed by atoms with Crippen molar-refractivity contribution in [2.24, 2.45) is 0 Å². The molecule has 0 aliphatic rings. The summed E-state index contributed by atoms with van der Waals surface area (Å²) in [6.45, 7) is 3.25. The van der Waals surface area contributed by atoms with Crippen LogP contribution in [0, 0.1) is 0 Å². The van der Waals surface area contributed by atoms with Crippen molar-refractivity contribution in [2.75, 3.05) is 0 Å². The van der Waals surface area contributed by atoms with Crippen molar-refractivity contribution < 1.29 is 5.48 Å². The zero-order valence-corrected chi connectivity index (χ0v) is 4.25. The average molecular weight is 137 g/mol. The fraction of sp³-hybridized carbons (Fsp3) is 0. The Morgan fingerprint density at radius 3 is 2.00 bits per heavy atom. The summed E-state index contributed by atoms with van der Waals surface area (Å²) in [4.78, 5) is 1.58. The Morgan fingerprint density at radius 1 is 1.80 bits per heavy atom. The Morgan fingerprint density at radius 2 is 2.00 bits per heavy atom. The second kappa shape index (κ2) is 9.03. The second-order valence-corrected chi connectivity index (χ2v) is 0.771. The topological polar surface area (TPSA) is 31.5 Å². The zero-order chi connectivity index (χ0) is 3.41. The van der Waals surface area contributed by atoms with Gasteiger partial charge in [-0.1, -0.05) is 22.5 Å². The predicted octanol–water partition coefficient (Wildman–Crippen LogP) is 0.855. The molecule has 0 heterocycles. The molecule has 0 saturated heterocycles. The van der Waals surface area contributed by atoms with Gasteiger partial charge in [-0.2, -0.15) is 0 Å². The number of rotatable bonds is 0. The van der Waals surface area contributed by atoms with E-state index in [2.05, 4.69) is 28.2 Å². The first-order valence-electron chi connectivity index (χ1n) is 0.860. The van der Waals surface area contributed by atoms with Crippen LogP contribution in [0.15, 0.2) is 17.3 Å². The molecule has 0 aromatic heterocycles. The van der Waals surface area contributed by atoms with Gasteiger partial charge in [0.25, 0.3) is 0 Å². The highest BCUT2D eigenvalue weighted by atomic mass is 79.9. The predicted molar refractivity (Wildman–Crippen MR) is 26.3 cm³/mol. The summed E-state index contributed by atoms with van der Waals surface area (Å²) >= 11 is 2.95. The summed E-state index contributed by atoms with van der Waals surface area (Å²) in [5.41, 5.74) is 2.47. The van der Waals surface area contributed by atoms with Crippen LogP contribution in [0.4, 0.5) is 0 Å². The van der Waals surface area contributed by atoms with E-state index in [4.69, 9.17) is 0 Å². The molecule has 0 aromatic carbocycles. The quantitative estimate of drug-likeness (QED) is 0.443. The fourth-order valence-corrected chi connectivity index (χ4v) is 0. The van der Waals surface area contributed by atoms with Gasteiger partial charge in [0.15, 0.2) is 0 Å². The monoisotopic (exact) mass is 136 g/mol. The molecular weight excluding hydrogens is 132 g/mol. The lowest BCUT2D eigenvalue weighted by molar-refractivity contribution is 0.824. The maximum atomic E-state index is 3.25. The number of halogens is 1. The highest BCUT2D eigenvalue weighted by Crippen LogP contribution is 1.71. The van der Waals surface area contributed by atoms with Crippen LogP contribution in [0.25, 0.3) is 0 Å². The number of hydrogen-bond acceptors (Lipinski definition) is 0.